The predicted octanol–water partition coefficient (Wildman–Crippen LogP) is 4.56. The summed E-state index contributed by atoms with van der Waals surface area (Å²) in [6.07, 6.45) is 1.38. The zero-order chi connectivity index (χ0) is 15.8. The Labute approximate surface area is 133 Å². The van der Waals surface area contributed by atoms with Crippen molar-refractivity contribution in [2.24, 2.45) is 0 Å². The summed E-state index contributed by atoms with van der Waals surface area (Å²) in [5, 5.41) is 0. The van der Waals surface area contributed by atoms with Gasteiger partial charge in [0.2, 0.25) is 0 Å². The summed E-state index contributed by atoms with van der Waals surface area (Å²) in [6, 6.07) is 20.7. The van der Waals surface area contributed by atoms with Gasteiger partial charge < -0.3 is 9.47 Å². The zero-order valence-electron chi connectivity index (χ0n) is 13.4. The fraction of sp³-hybridized carbons (Fsp3) is 0.300. The second kappa shape index (κ2) is 7.92. The van der Waals surface area contributed by atoms with Gasteiger partial charge in [0.1, 0.15) is 0 Å². The molecule has 2 rings (SSSR count). The van der Waals surface area contributed by atoms with E-state index >= 15 is 0 Å². The SMILES string of the molecule is C=CCOC(OCC)C(C)(c1ccccc1)c1ccccc1. The largest absolute Gasteiger partial charge is 0.352 e. The molecule has 0 amide bonds. The molecule has 1 atom stereocenters. The van der Waals surface area contributed by atoms with E-state index in [1.54, 1.807) is 6.08 Å². The van der Waals surface area contributed by atoms with Crippen LogP contribution in [-0.2, 0) is 14.9 Å². The van der Waals surface area contributed by atoms with Crippen LogP contribution in [0.1, 0.15) is 25.0 Å². The first kappa shape index (κ1) is 16.5. The van der Waals surface area contributed by atoms with Crippen molar-refractivity contribution in [3.8, 4) is 0 Å². The average molecular weight is 296 g/mol. The molecule has 0 radical (unpaired) electrons. The van der Waals surface area contributed by atoms with Crippen LogP contribution in [0, 0.1) is 0 Å². The summed E-state index contributed by atoms with van der Waals surface area (Å²) >= 11 is 0. The third kappa shape index (κ3) is 3.46. The molecule has 22 heavy (non-hydrogen) atoms. The molecule has 1 unspecified atom stereocenters. The van der Waals surface area contributed by atoms with Crippen LogP contribution < -0.4 is 0 Å². The van der Waals surface area contributed by atoms with E-state index < -0.39 is 0 Å². The van der Waals surface area contributed by atoms with Crippen molar-refractivity contribution in [2.45, 2.75) is 25.6 Å². The van der Waals surface area contributed by atoms with E-state index in [4.69, 9.17) is 9.47 Å². The third-order valence-corrected chi connectivity index (χ3v) is 3.90. The molecule has 0 heterocycles. The summed E-state index contributed by atoms with van der Waals surface area (Å²) < 4.78 is 11.9. The van der Waals surface area contributed by atoms with Crippen LogP contribution in [0.3, 0.4) is 0 Å². The maximum Gasteiger partial charge on any atom is 0.171 e. The van der Waals surface area contributed by atoms with Crippen molar-refractivity contribution in [1.82, 2.24) is 0 Å². The molecule has 0 aliphatic rings. The van der Waals surface area contributed by atoms with Crippen LogP contribution in [-0.4, -0.2) is 19.5 Å². The number of benzene rings is 2. The van der Waals surface area contributed by atoms with Gasteiger partial charge in [-0.15, -0.1) is 6.58 Å². The first-order valence-corrected chi connectivity index (χ1v) is 7.68. The van der Waals surface area contributed by atoms with Crippen LogP contribution in [0.5, 0.6) is 0 Å². The van der Waals surface area contributed by atoms with Crippen molar-refractivity contribution in [3.05, 3.63) is 84.4 Å². The van der Waals surface area contributed by atoms with Gasteiger partial charge in [-0.1, -0.05) is 66.7 Å². The van der Waals surface area contributed by atoms with Crippen LogP contribution >= 0.6 is 0 Å². The van der Waals surface area contributed by atoms with E-state index in [2.05, 4.69) is 37.8 Å². The van der Waals surface area contributed by atoms with Crippen molar-refractivity contribution in [2.75, 3.05) is 13.2 Å². The van der Waals surface area contributed by atoms with Gasteiger partial charge in [-0.05, 0) is 25.0 Å². The Morgan fingerprint density at radius 2 is 1.45 bits per heavy atom. The topological polar surface area (TPSA) is 18.5 Å². The second-order valence-electron chi connectivity index (χ2n) is 5.34. The quantitative estimate of drug-likeness (QED) is 0.525. The Hall–Kier alpha value is -1.90. The molecule has 116 valence electrons. The van der Waals surface area contributed by atoms with E-state index in [0.717, 1.165) is 0 Å². The molecule has 0 aliphatic heterocycles. The molecule has 2 nitrogen and oxygen atoms in total. The van der Waals surface area contributed by atoms with Gasteiger partial charge in [-0.3, -0.25) is 0 Å². The first-order chi connectivity index (χ1) is 10.7. The highest BCUT2D eigenvalue weighted by Gasteiger charge is 2.39. The highest BCUT2D eigenvalue weighted by atomic mass is 16.7. The third-order valence-electron chi connectivity index (χ3n) is 3.90. The Morgan fingerprint density at radius 1 is 0.955 bits per heavy atom. The fourth-order valence-electron chi connectivity index (χ4n) is 2.70. The monoisotopic (exact) mass is 296 g/mol. The molecule has 2 aromatic carbocycles. The molecule has 0 aromatic heterocycles. The van der Waals surface area contributed by atoms with Gasteiger partial charge >= 0.3 is 0 Å². The van der Waals surface area contributed by atoms with Gasteiger partial charge in [0, 0.05) is 6.61 Å². The van der Waals surface area contributed by atoms with E-state index in [1.807, 2.05) is 43.3 Å². The maximum atomic E-state index is 5.97. The smallest absolute Gasteiger partial charge is 0.171 e. The number of ether oxygens (including phenoxy) is 2. The molecule has 0 N–H and O–H groups in total. The normalized spacial score (nSPS) is 12.8. The lowest BCUT2D eigenvalue weighted by Crippen LogP contribution is -2.42. The van der Waals surface area contributed by atoms with Crippen LogP contribution in [0.15, 0.2) is 73.3 Å². The molecule has 2 aromatic rings. The first-order valence-electron chi connectivity index (χ1n) is 7.68. The minimum absolute atomic E-state index is 0.375. The second-order valence-corrected chi connectivity index (χ2v) is 5.34. The molecule has 0 fully saturated rings. The Morgan fingerprint density at radius 3 is 1.86 bits per heavy atom. The summed E-state index contributed by atoms with van der Waals surface area (Å²) in [4.78, 5) is 0. The highest BCUT2D eigenvalue weighted by molar-refractivity contribution is 5.39. The summed E-state index contributed by atoms with van der Waals surface area (Å²) in [5.74, 6) is 0. The lowest BCUT2D eigenvalue weighted by atomic mass is 9.75. The molecule has 2 heteroatoms. The molecule has 0 saturated carbocycles. The van der Waals surface area contributed by atoms with E-state index in [1.165, 1.54) is 11.1 Å². The maximum absolute atomic E-state index is 5.97. The molecular formula is C20H24O2. The standard InChI is InChI=1S/C20H24O2/c1-4-16-22-19(21-5-2)20(3,17-12-8-6-9-13-17)18-14-10-7-11-15-18/h4,6-15,19H,1,5,16H2,2-3H3. The van der Waals surface area contributed by atoms with Crippen LogP contribution in [0.4, 0.5) is 0 Å². The Kier molecular flexibility index (Phi) is 5.93. The van der Waals surface area contributed by atoms with Crippen molar-refractivity contribution in [1.29, 1.82) is 0 Å². The van der Waals surface area contributed by atoms with Gasteiger partial charge in [-0.2, -0.15) is 0 Å². The highest BCUT2D eigenvalue weighted by Crippen LogP contribution is 2.37. The summed E-state index contributed by atoms with van der Waals surface area (Å²) in [7, 11) is 0. The molecular weight excluding hydrogens is 272 g/mol. The van der Waals surface area contributed by atoms with Crippen LogP contribution in [0.25, 0.3) is 0 Å². The van der Waals surface area contributed by atoms with Gasteiger partial charge in [0.25, 0.3) is 0 Å². The summed E-state index contributed by atoms with van der Waals surface area (Å²) in [6.45, 7) is 8.95. The number of hydrogen-bond donors (Lipinski definition) is 0. The van der Waals surface area contributed by atoms with Gasteiger partial charge in [0.15, 0.2) is 6.29 Å². The lowest BCUT2D eigenvalue weighted by Gasteiger charge is -2.38. The zero-order valence-corrected chi connectivity index (χ0v) is 13.4. The van der Waals surface area contributed by atoms with Gasteiger partial charge in [0.05, 0.1) is 12.0 Å². The van der Waals surface area contributed by atoms with Crippen LogP contribution in [0.2, 0.25) is 0 Å². The number of rotatable bonds is 8. The lowest BCUT2D eigenvalue weighted by molar-refractivity contribution is -0.162. The minimum atomic E-state index is -0.387. The molecule has 0 bridgehead atoms. The average Bonchev–Trinajstić information content (AvgIpc) is 2.59. The molecule has 0 aliphatic carbocycles. The van der Waals surface area contributed by atoms with E-state index in [9.17, 15) is 0 Å². The fourth-order valence-corrected chi connectivity index (χ4v) is 2.70. The van der Waals surface area contributed by atoms with E-state index in [0.29, 0.717) is 13.2 Å². The van der Waals surface area contributed by atoms with Gasteiger partial charge in [-0.25, -0.2) is 0 Å². The van der Waals surface area contributed by atoms with Crippen molar-refractivity contribution < 1.29 is 9.47 Å². The van der Waals surface area contributed by atoms with Crippen molar-refractivity contribution >= 4 is 0 Å². The Bertz CT molecular complexity index is 523. The number of hydrogen-bond acceptors (Lipinski definition) is 2. The minimum Gasteiger partial charge on any atom is -0.352 e. The molecule has 0 spiro atoms. The predicted molar refractivity (Wildman–Crippen MR) is 90.9 cm³/mol. The Balaban J connectivity index is 2.50. The van der Waals surface area contributed by atoms with Crippen molar-refractivity contribution in [3.63, 3.8) is 0 Å². The van der Waals surface area contributed by atoms with E-state index in [-0.39, 0.29) is 11.7 Å². The molecule has 0 saturated heterocycles. The summed E-state index contributed by atoms with van der Waals surface area (Å²) in [5.41, 5.74) is 1.95.